The molecule has 3 N–H and O–H groups in total. The van der Waals surface area contributed by atoms with Crippen LogP contribution in [0.15, 0.2) is 77.9 Å². The molecule has 0 aliphatic carbocycles. The van der Waals surface area contributed by atoms with E-state index in [1.807, 2.05) is 12.1 Å². The van der Waals surface area contributed by atoms with E-state index in [2.05, 4.69) is 10.4 Å². The summed E-state index contributed by atoms with van der Waals surface area (Å²) in [4.78, 5) is 13.0. The van der Waals surface area contributed by atoms with E-state index < -0.39 is 6.17 Å². The first-order valence-corrected chi connectivity index (χ1v) is 8.44. The Hall–Kier alpha value is -3.80. The second-order valence-electron chi connectivity index (χ2n) is 6.10. The Bertz CT molecular complexity index is 1030. The molecule has 1 aliphatic rings. The van der Waals surface area contributed by atoms with Gasteiger partial charge in [-0.05, 0) is 30.3 Å². The van der Waals surface area contributed by atoms with E-state index in [9.17, 15) is 15.0 Å². The summed E-state index contributed by atoms with van der Waals surface area (Å²) in [5.41, 5.74) is 2.17. The predicted octanol–water partition coefficient (Wildman–Crippen LogP) is 3.70. The summed E-state index contributed by atoms with van der Waals surface area (Å²) in [6.45, 7) is 0. The molecule has 27 heavy (non-hydrogen) atoms. The SMILES string of the molecule is O=C1c2ccccc2N[C@H](c2ccccc2O)N1/N=C\c1ccccc1O. The smallest absolute Gasteiger partial charge is 0.278 e. The molecule has 0 spiro atoms. The van der Waals surface area contributed by atoms with Crippen LogP contribution in [0.5, 0.6) is 11.5 Å². The zero-order valence-corrected chi connectivity index (χ0v) is 14.3. The standard InChI is InChI=1S/C21H17N3O3/c25-18-11-5-1-7-14(18)13-22-24-20(16-9-3-6-12-19(16)26)23-17-10-4-2-8-15(17)21(24)27/h1-13,20,23,25-26H/b22-13-/t20-/m0/s1. The van der Waals surface area contributed by atoms with Crippen molar-refractivity contribution in [2.24, 2.45) is 5.10 Å². The van der Waals surface area contributed by atoms with Gasteiger partial charge in [0.25, 0.3) is 5.91 Å². The highest BCUT2D eigenvalue weighted by Crippen LogP contribution is 2.36. The number of carbonyl (C=O) groups is 1. The molecule has 4 rings (SSSR count). The van der Waals surface area contributed by atoms with Crippen LogP contribution in [0.2, 0.25) is 0 Å². The fourth-order valence-electron chi connectivity index (χ4n) is 3.01. The van der Waals surface area contributed by atoms with Gasteiger partial charge in [0, 0.05) is 16.8 Å². The summed E-state index contributed by atoms with van der Waals surface area (Å²) in [5, 5.41) is 29.1. The molecule has 0 saturated heterocycles. The first kappa shape index (κ1) is 16.7. The van der Waals surface area contributed by atoms with Crippen molar-refractivity contribution in [1.29, 1.82) is 0 Å². The van der Waals surface area contributed by atoms with Gasteiger partial charge in [-0.2, -0.15) is 5.10 Å². The molecule has 3 aromatic rings. The van der Waals surface area contributed by atoms with Crippen LogP contribution in [-0.4, -0.2) is 27.3 Å². The van der Waals surface area contributed by atoms with Crippen molar-refractivity contribution in [2.45, 2.75) is 6.17 Å². The average molecular weight is 359 g/mol. The third-order valence-electron chi connectivity index (χ3n) is 4.39. The fourth-order valence-corrected chi connectivity index (χ4v) is 3.01. The van der Waals surface area contributed by atoms with Gasteiger partial charge in [-0.1, -0.05) is 42.5 Å². The van der Waals surface area contributed by atoms with Gasteiger partial charge in [-0.3, -0.25) is 4.79 Å². The fraction of sp³-hybridized carbons (Fsp3) is 0.0476. The Morgan fingerprint density at radius 1 is 0.889 bits per heavy atom. The number of amides is 1. The van der Waals surface area contributed by atoms with E-state index in [4.69, 9.17) is 0 Å². The van der Waals surface area contributed by atoms with Crippen LogP contribution < -0.4 is 5.32 Å². The van der Waals surface area contributed by atoms with Gasteiger partial charge in [0.2, 0.25) is 0 Å². The zero-order valence-electron chi connectivity index (χ0n) is 14.3. The lowest BCUT2D eigenvalue weighted by molar-refractivity contribution is 0.0689. The normalized spacial score (nSPS) is 16.2. The summed E-state index contributed by atoms with van der Waals surface area (Å²) < 4.78 is 0. The topological polar surface area (TPSA) is 85.2 Å². The van der Waals surface area contributed by atoms with E-state index in [0.717, 1.165) is 0 Å². The van der Waals surface area contributed by atoms with Crippen LogP contribution in [0.4, 0.5) is 5.69 Å². The molecule has 1 aliphatic heterocycles. The number of nitrogens with zero attached hydrogens (tertiary/aromatic N) is 2. The van der Waals surface area contributed by atoms with Crippen molar-refractivity contribution in [2.75, 3.05) is 5.32 Å². The first-order chi connectivity index (χ1) is 13.1. The lowest BCUT2D eigenvalue weighted by atomic mass is 10.0. The predicted molar refractivity (Wildman–Crippen MR) is 103 cm³/mol. The molecule has 134 valence electrons. The number of fused-ring (bicyclic) bond motifs is 1. The monoisotopic (exact) mass is 359 g/mol. The van der Waals surface area contributed by atoms with Crippen LogP contribution in [0.25, 0.3) is 0 Å². The minimum absolute atomic E-state index is 0.0601. The van der Waals surface area contributed by atoms with E-state index in [0.29, 0.717) is 22.4 Å². The van der Waals surface area contributed by atoms with Gasteiger partial charge >= 0.3 is 0 Å². The lowest BCUT2D eigenvalue weighted by Gasteiger charge is -2.34. The number of anilines is 1. The van der Waals surface area contributed by atoms with Gasteiger partial charge in [-0.25, -0.2) is 5.01 Å². The number of carbonyl (C=O) groups excluding carboxylic acids is 1. The maximum Gasteiger partial charge on any atom is 0.278 e. The average Bonchev–Trinajstić information content (AvgIpc) is 2.69. The Labute approximate surface area is 156 Å². The third kappa shape index (κ3) is 3.08. The number of hydrogen-bond donors (Lipinski definition) is 3. The Morgan fingerprint density at radius 3 is 2.33 bits per heavy atom. The van der Waals surface area contributed by atoms with Crippen molar-refractivity contribution in [3.63, 3.8) is 0 Å². The summed E-state index contributed by atoms with van der Waals surface area (Å²) >= 11 is 0. The minimum atomic E-state index is -0.685. The van der Waals surface area contributed by atoms with Crippen molar-refractivity contribution in [1.82, 2.24) is 5.01 Å². The number of hydrogen-bond acceptors (Lipinski definition) is 5. The van der Waals surface area contributed by atoms with Gasteiger partial charge in [0.15, 0.2) is 6.17 Å². The van der Waals surface area contributed by atoms with Crippen molar-refractivity contribution in [3.05, 3.63) is 89.5 Å². The van der Waals surface area contributed by atoms with Crippen molar-refractivity contribution >= 4 is 17.8 Å². The van der Waals surface area contributed by atoms with Gasteiger partial charge in [0.1, 0.15) is 11.5 Å². The summed E-state index contributed by atoms with van der Waals surface area (Å²) in [7, 11) is 0. The number of aromatic hydroxyl groups is 2. The van der Waals surface area contributed by atoms with Crippen LogP contribution in [0.1, 0.15) is 27.7 Å². The van der Waals surface area contributed by atoms with Crippen LogP contribution in [0.3, 0.4) is 0 Å². The number of benzene rings is 3. The van der Waals surface area contributed by atoms with E-state index in [1.165, 1.54) is 11.2 Å². The number of phenolic OH excluding ortho intramolecular Hbond substituents is 2. The zero-order chi connectivity index (χ0) is 18.8. The Kier molecular flexibility index (Phi) is 4.22. The quantitative estimate of drug-likeness (QED) is 0.623. The highest BCUT2D eigenvalue weighted by Gasteiger charge is 2.34. The number of rotatable bonds is 3. The van der Waals surface area contributed by atoms with E-state index in [-0.39, 0.29) is 17.4 Å². The first-order valence-electron chi connectivity index (χ1n) is 8.44. The maximum absolute atomic E-state index is 13.0. The number of hydrazone groups is 1. The van der Waals surface area contributed by atoms with Crippen LogP contribution in [-0.2, 0) is 0 Å². The largest absolute Gasteiger partial charge is 0.508 e. The molecule has 0 fully saturated rings. The molecule has 6 heteroatoms. The molecule has 6 nitrogen and oxygen atoms in total. The van der Waals surface area contributed by atoms with Crippen LogP contribution in [0, 0.1) is 0 Å². The molecule has 0 aromatic heterocycles. The number of para-hydroxylation sites is 3. The van der Waals surface area contributed by atoms with Gasteiger partial charge in [-0.15, -0.1) is 0 Å². The second-order valence-corrected chi connectivity index (χ2v) is 6.10. The van der Waals surface area contributed by atoms with Gasteiger partial charge < -0.3 is 15.5 Å². The summed E-state index contributed by atoms with van der Waals surface area (Å²) in [6.07, 6.45) is 0.742. The molecular formula is C21H17N3O3. The molecule has 0 radical (unpaired) electrons. The van der Waals surface area contributed by atoms with Crippen LogP contribution >= 0.6 is 0 Å². The second kappa shape index (κ2) is 6.84. The minimum Gasteiger partial charge on any atom is -0.508 e. The Balaban J connectivity index is 1.79. The van der Waals surface area contributed by atoms with E-state index >= 15 is 0 Å². The maximum atomic E-state index is 13.0. The summed E-state index contributed by atoms with van der Waals surface area (Å²) in [5.74, 6) is -0.174. The number of phenols is 2. The summed E-state index contributed by atoms with van der Waals surface area (Å²) in [6, 6.07) is 20.7. The van der Waals surface area contributed by atoms with E-state index in [1.54, 1.807) is 60.7 Å². The molecule has 0 unspecified atom stereocenters. The number of nitrogens with one attached hydrogen (secondary N) is 1. The molecule has 1 heterocycles. The van der Waals surface area contributed by atoms with Crippen molar-refractivity contribution in [3.8, 4) is 11.5 Å². The molecule has 1 amide bonds. The highest BCUT2D eigenvalue weighted by molar-refractivity contribution is 6.02. The Morgan fingerprint density at radius 2 is 1.56 bits per heavy atom. The highest BCUT2D eigenvalue weighted by atomic mass is 16.3. The van der Waals surface area contributed by atoms with Crippen molar-refractivity contribution < 1.29 is 15.0 Å². The molecular weight excluding hydrogens is 342 g/mol. The molecule has 0 bridgehead atoms. The van der Waals surface area contributed by atoms with Gasteiger partial charge in [0.05, 0.1) is 11.8 Å². The molecule has 3 aromatic carbocycles. The molecule has 0 saturated carbocycles. The lowest BCUT2D eigenvalue weighted by Crippen LogP contribution is -2.39. The third-order valence-corrected chi connectivity index (χ3v) is 4.39. The molecule has 1 atom stereocenters.